The molecule has 7 heteroatoms. The van der Waals surface area contributed by atoms with Crippen molar-refractivity contribution < 1.29 is 19.0 Å². The van der Waals surface area contributed by atoms with Gasteiger partial charge >= 0.3 is 0 Å². The average Bonchev–Trinajstić information content (AvgIpc) is 2.68. The SMILES string of the molecule is COCCOc1ccc(NC(=S)NC(=O)/C=C/c2ccccc2OC)cc1. The molecule has 27 heavy (non-hydrogen) atoms. The van der Waals surface area contributed by atoms with E-state index in [1.807, 2.05) is 48.5 Å². The Hall–Kier alpha value is -2.90. The fraction of sp³-hybridized carbons (Fsp3) is 0.200. The normalized spacial score (nSPS) is 10.4. The fourth-order valence-electron chi connectivity index (χ4n) is 2.16. The summed E-state index contributed by atoms with van der Waals surface area (Å²) < 4.78 is 15.7. The molecule has 142 valence electrons. The maximum atomic E-state index is 12.0. The molecule has 0 aliphatic carbocycles. The van der Waals surface area contributed by atoms with Crippen LogP contribution in [0.15, 0.2) is 54.6 Å². The molecule has 2 aromatic rings. The number of carbonyl (C=O) groups excluding carboxylic acids is 1. The highest BCUT2D eigenvalue weighted by atomic mass is 32.1. The van der Waals surface area contributed by atoms with Crippen molar-refractivity contribution in [3.05, 3.63) is 60.2 Å². The van der Waals surface area contributed by atoms with Crippen molar-refractivity contribution >= 4 is 35.0 Å². The van der Waals surface area contributed by atoms with Gasteiger partial charge in [0.05, 0.1) is 13.7 Å². The molecule has 0 aliphatic heterocycles. The van der Waals surface area contributed by atoms with E-state index in [0.29, 0.717) is 19.0 Å². The minimum absolute atomic E-state index is 0.206. The van der Waals surface area contributed by atoms with Crippen LogP contribution in [0, 0.1) is 0 Å². The van der Waals surface area contributed by atoms with E-state index in [1.54, 1.807) is 20.3 Å². The third-order valence-electron chi connectivity index (χ3n) is 3.46. The van der Waals surface area contributed by atoms with Gasteiger partial charge in [-0.05, 0) is 48.6 Å². The Bertz CT molecular complexity index is 791. The summed E-state index contributed by atoms with van der Waals surface area (Å²) in [4.78, 5) is 12.0. The maximum absolute atomic E-state index is 12.0. The monoisotopic (exact) mass is 386 g/mol. The number of rotatable bonds is 8. The first-order valence-electron chi connectivity index (χ1n) is 8.27. The fourth-order valence-corrected chi connectivity index (χ4v) is 2.38. The second-order valence-corrected chi connectivity index (χ2v) is 5.79. The standard InChI is InChI=1S/C20H22N2O4S/c1-24-13-14-26-17-10-8-16(9-11-17)21-20(27)22-19(23)12-7-15-5-3-4-6-18(15)25-2/h3-12H,13-14H2,1-2H3,(H2,21,22,23,27)/b12-7+. The van der Waals surface area contributed by atoms with Gasteiger partial charge in [0.2, 0.25) is 5.91 Å². The summed E-state index contributed by atoms with van der Waals surface area (Å²) in [7, 11) is 3.21. The zero-order valence-electron chi connectivity index (χ0n) is 15.2. The molecule has 0 heterocycles. The Balaban J connectivity index is 1.84. The highest BCUT2D eigenvalue weighted by molar-refractivity contribution is 7.80. The van der Waals surface area contributed by atoms with Crippen molar-refractivity contribution in [1.82, 2.24) is 5.32 Å². The van der Waals surface area contributed by atoms with E-state index in [0.717, 1.165) is 17.0 Å². The highest BCUT2D eigenvalue weighted by Gasteiger charge is 2.03. The molecular weight excluding hydrogens is 364 g/mol. The highest BCUT2D eigenvalue weighted by Crippen LogP contribution is 2.18. The Kier molecular flexibility index (Phi) is 8.28. The van der Waals surface area contributed by atoms with Gasteiger partial charge in [-0.3, -0.25) is 10.1 Å². The molecule has 0 bridgehead atoms. The van der Waals surface area contributed by atoms with Crippen molar-refractivity contribution in [3.8, 4) is 11.5 Å². The summed E-state index contributed by atoms with van der Waals surface area (Å²) >= 11 is 5.16. The van der Waals surface area contributed by atoms with E-state index in [9.17, 15) is 4.79 Å². The molecule has 2 N–H and O–H groups in total. The molecule has 0 saturated carbocycles. The summed E-state index contributed by atoms with van der Waals surface area (Å²) in [5, 5.41) is 5.75. The molecule has 1 amide bonds. The van der Waals surface area contributed by atoms with E-state index in [4.69, 9.17) is 26.4 Å². The second kappa shape index (κ2) is 10.9. The number of thiocarbonyl (C=S) groups is 1. The van der Waals surface area contributed by atoms with Crippen molar-refractivity contribution in [1.29, 1.82) is 0 Å². The minimum Gasteiger partial charge on any atom is -0.496 e. The molecule has 0 aromatic heterocycles. The Labute approximate surface area is 164 Å². The predicted octanol–water partition coefficient (Wildman–Crippen LogP) is 3.25. The smallest absolute Gasteiger partial charge is 0.250 e. The lowest BCUT2D eigenvalue weighted by Crippen LogP contribution is -2.32. The number of anilines is 1. The van der Waals surface area contributed by atoms with Crippen LogP contribution < -0.4 is 20.1 Å². The molecule has 0 fully saturated rings. The topological polar surface area (TPSA) is 68.8 Å². The van der Waals surface area contributed by atoms with Crippen LogP contribution in [0.3, 0.4) is 0 Å². The zero-order chi connectivity index (χ0) is 19.5. The van der Waals surface area contributed by atoms with Crippen LogP contribution in [0.1, 0.15) is 5.56 Å². The number of ether oxygens (including phenoxy) is 3. The van der Waals surface area contributed by atoms with Gasteiger partial charge in [-0.1, -0.05) is 18.2 Å². The van der Waals surface area contributed by atoms with Gasteiger partial charge in [0, 0.05) is 24.4 Å². The first-order valence-corrected chi connectivity index (χ1v) is 8.68. The van der Waals surface area contributed by atoms with E-state index in [1.165, 1.54) is 6.08 Å². The molecule has 0 atom stereocenters. The molecule has 6 nitrogen and oxygen atoms in total. The molecule has 0 unspecified atom stereocenters. The number of amides is 1. The van der Waals surface area contributed by atoms with Crippen LogP contribution in [0.4, 0.5) is 5.69 Å². The Morgan fingerprint density at radius 1 is 1.07 bits per heavy atom. The van der Waals surface area contributed by atoms with Gasteiger partial charge in [-0.2, -0.15) is 0 Å². The van der Waals surface area contributed by atoms with Gasteiger partial charge in [0.15, 0.2) is 5.11 Å². The number of para-hydroxylation sites is 1. The largest absolute Gasteiger partial charge is 0.496 e. The molecule has 2 aromatic carbocycles. The van der Waals surface area contributed by atoms with Crippen LogP contribution in [0.25, 0.3) is 6.08 Å². The first kappa shape index (κ1) is 20.4. The van der Waals surface area contributed by atoms with E-state index in [2.05, 4.69) is 10.6 Å². The molecule has 0 aliphatic rings. The molecule has 0 spiro atoms. The number of methoxy groups -OCH3 is 2. The molecular formula is C20H22N2O4S. The number of hydrogen-bond donors (Lipinski definition) is 2. The summed E-state index contributed by atoms with van der Waals surface area (Å²) in [6.45, 7) is 1.01. The van der Waals surface area contributed by atoms with Crippen LogP contribution in [0.2, 0.25) is 0 Å². The van der Waals surface area contributed by atoms with Gasteiger partial charge < -0.3 is 19.5 Å². The predicted molar refractivity (Wildman–Crippen MR) is 110 cm³/mol. The average molecular weight is 386 g/mol. The second-order valence-electron chi connectivity index (χ2n) is 5.38. The zero-order valence-corrected chi connectivity index (χ0v) is 16.0. The lowest BCUT2D eigenvalue weighted by Gasteiger charge is -2.10. The third kappa shape index (κ3) is 7.08. The summed E-state index contributed by atoms with van der Waals surface area (Å²) in [6, 6.07) is 14.7. The van der Waals surface area contributed by atoms with Crippen LogP contribution in [-0.4, -0.2) is 38.5 Å². The van der Waals surface area contributed by atoms with E-state index in [-0.39, 0.29) is 11.0 Å². The minimum atomic E-state index is -0.335. The summed E-state index contributed by atoms with van der Waals surface area (Å²) in [5.74, 6) is 1.08. The number of hydrogen-bond acceptors (Lipinski definition) is 5. The van der Waals surface area contributed by atoms with Crippen molar-refractivity contribution in [2.75, 3.05) is 32.8 Å². The van der Waals surface area contributed by atoms with Crippen LogP contribution >= 0.6 is 12.2 Å². The van der Waals surface area contributed by atoms with Crippen molar-refractivity contribution in [2.24, 2.45) is 0 Å². The lowest BCUT2D eigenvalue weighted by atomic mass is 10.2. The molecule has 0 radical (unpaired) electrons. The maximum Gasteiger partial charge on any atom is 0.250 e. The number of carbonyl (C=O) groups is 1. The first-order chi connectivity index (χ1) is 13.1. The van der Waals surface area contributed by atoms with Gasteiger partial charge in [0.25, 0.3) is 0 Å². The van der Waals surface area contributed by atoms with Gasteiger partial charge in [0.1, 0.15) is 18.1 Å². The number of benzene rings is 2. The molecule has 2 rings (SSSR count). The summed E-state index contributed by atoms with van der Waals surface area (Å²) in [6.07, 6.45) is 3.07. The van der Waals surface area contributed by atoms with Crippen molar-refractivity contribution in [2.45, 2.75) is 0 Å². The third-order valence-corrected chi connectivity index (χ3v) is 3.66. The quantitative estimate of drug-likeness (QED) is 0.412. The van der Waals surface area contributed by atoms with E-state index >= 15 is 0 Å². The summed E-state index contributed by atoms with van der Waals surface area (Å²) in [5.41, 5.74) is 1.55. The lowest BCUT2D eigenvalue weighted by molar-refractivity contribution is -0.115. The van der Waals surface area contributed by atoms with Crippen LogP contribution in [0.5, 0.6) is 11.5 Å². The van der Waals surface area contributed by atoms with Gasteiger partial charge in [-0.15, -0.1) is 0 Å². The molecule has 0 saturated heterocycles. The van der Waals surface area contributed by atoms with Gasteiger partial charge in [-0.25, -0.2) is 0 Å². The van der Waals surface area contributed by atoms with Crippen LogP contribution in [-0.2, 0) is 9.53 Å². The Morgan fingerprint density at radius 3 is 2.52 bits per heavy atom. The van der Waals surface area contributed by atoms with Crippen molar-refractivity contribution in [3.63, 3.8) is 0 Å². The number of nitrogens with one attached hydrogen (secondary N) is 2. The van der Waals surface area contributed by atoms with E-state index < -0.39 is 0 Å². The Morgan fingerprint density at radius 2 is 1.81 bits per heavy atom.